The molecule has 0 unspecified atom stereocenters. The number of hydrogen-bond acceptors (Lipinski definition) is 4. The number of benzene rings is 1. The molecule has 0 saturated heterocycles. The Balaban J connectivity index is 3.31. The van der Waals surface area contributed by atoms with E-state index < -0.39 is 46.1 Å². The average molecular weight is 414 g/mol. The summed E-state index contributed by atoms with van der Waals surface area (Å²) in [4.78, 5) is 20.8. The number of amides is 1. The van der Waals surface area contributed by atoms with Crippen LogP contribution in [0.3, 0.4) is 0 Å². The minimum absolute atomic E-state index is 0.236. The highest BCUT2D eigenvalue weighted by molar-refractivity contribution is 5.98. The molecule has 0 aliphatic carbocycles. The lowest BCUT2D eigenvalue weighted by Crippen LogP contribution is -2.64. The van der Waals surface area contributed by atoms with Gasteiger partial charge < -0.3 is 10.1 Å². The van der Waals surface area contributed by atoms with Gasteiger partial charge in [-0.05, 0) is 12.1 Å². The number of ether oxygens (including phenoxy) is 1. The van der Waals surface area contributed by atoms with Crippen molar-refractivity contribution in [3.05, 3.63) is 28.3 Å². The van der Waals surface area contributed by atoms with E-state index in [1.165, 1.54) is 0 Å². The number of alkyl halides is 9. The van der Waals surface area contributed by atoms with Gasteiger partial charge in [0.1, 0.15) is 11.4 Å². The highest BCUT2D eigenvalue weighted by atomic mass is 19.4. The molecule has 1 aromatic carbocycles. The van der Waals surface area contributed by atoms with Crippen LogP contribution in [0.2, 0.25) is 0 Å². The summed E-state index contributed by atoms with van der Waals surface area (Å²) in [6.07, 6.45) is -7.10. The molecule has 1 amide bonds. The highest BCUT2D eigenvalue weighted by Crippen LogP contribution is 2.53. The van der Waals surface area contributed by atoms with E-state index in [1.54, 1.807) is 0 Å². The summed E-state index contributed by atoms with van der Waals surface area (Å²) in [5.74, 6) is -24.6. The summed E-state index contributed by atoms with van der Waals surface area (Å²) in [7, 11) is 1.03. The fourth-order valence-corrected chi connectivity index (χ4v) is 1.61. The Morgan fingerprint density at radius 2 is 1.56 bits per heavy atom. The molecule has 0 atom stereocenters. The standard InChI is InChI=1S/C12H7F9N2O4/c1-27-5-2-3-6(7(4-5)23(25)26)22-8(24)9(13,14)10(15,16)11(17,18)12(19,20)21/h2-4H,1H3,(H,22,24). The number of nitro groups is 1. The van der Waals surface area contributed by atoms with Crippen molar-refractivity contribution < 1.29 is 54.0 Å². The van der Waals surface area contributed by atoms with E-state index in [-0.39, 0.29) is 5.75 Å². The first-order valence-corrected chi connectivity index (χ1v) is 6.34. The van der Waals surface area contributed by atoms with Crippen LogP contribution in [0, 0.1) is 10.1 Å². The Kier molecular flexibility index (Phi) is 5.59. The second kappa shape index (κ2) is 6.77. The van der Waals surface area contributed by atoms with Crippen LogP contribution in [-0.2, 0) is 4.79 Å². The van der Waals surface area contributed by atoms with Gasteiger partial charge in [-0.25, -0.2) is 0 Å². The molecule has 6 nitrogen and oxygen atoms in total. The van der Waals surface area contributed by atoms with Gasteiger partial charge in [-0.1, -0.05) is 0 Å². The zero-order chi connectivity index (χ0) is 21.4. The lowest BCUT2D eigenvalue weighted by Gasteiger charge is -2.32. The van der Waals surface area contributed by atoms with Crippen LogP contribution in [0.5, 0.6) is 5.75 Å². The molecular formula is C12H7F9N2O4. The van der Waals surface area contributed by atoms with Crippen LogP contribution in [0.25, 0.3) is 0 Å². The van der Waals surface area contributed by atoms with Gasteiger partial charge in [0.05, 0.1) is 18.1 Å². The first-order valence-electron chi connectivity index (χ1n) is 6.34. The van der Waals surface area contributed by atoms with Gasteiger partial charge in [-0.3, -0.25) is 14.9 Å². The lowest BCUT2D eigenvalue weighted by atomic mass is 10.0. The first kappa shape index (κ1) is 22.3. The van der Waals surface area contributed by atoms with Crippen molar-refractivity contribution in [1.29, 1.82) is 0 Å². The van der Waals surface area contributed by atoms with Crippen molar-refractivity contribution in [3.63, 3.8) is 0 Å². The van der Waals surface area contributed by atoms with E-state index in [0.29, 0.717) is 12.1 Å². The van der Waals surface area contributed by atoms with Crippen LogP contribution in [0.15, 0.2) is 18.2 Å². The molecule has 0 heterocycles. The molecule has 0 saturated carbocycles. The number of rotatable bonds is 6. The second-order valence-corrected chi connectivity index (χ2v) is 4.82. The summed E-state index contributed by atoms with van der Waals surface area (Å²) in [6.45, 7) is 0. The molecular weight excluding hydrogens is 407 g/mol. The van der Waals surface area contributed by atoms with Crippen molar-refractivity contribution in [3.8, 4) is 5.75 Å². The normalized spacial score (nSPS) is 13.3. The van der Waals surface area contributed by atoms with E-state index in [1.807, 2.05) is 0 Å². The quantitative estimate of drug-likeness (QED) is 0.433. The zero-order valence-corrected chi connectivity index (χ0v) is 12.7. The number of nitrogens with one attached hydrogen (secondary N) is 1. The molecule has 0 bridgehead atoms. The van der Waals surface area contributed by atoms with Gasteiger partial charge in [-0.15, -0.1) is 0 Å². The Morgan fingerprint density at radius 3 is 1.96 bits per heavy atom. The summed E-state index contributed by atoms with van der Waals surface area (Å²) in [5.41, 5.74) is -2.35. The average Bonchev–Trinajstić information content (AvgIpc) is 2.53. The molecule has 0 aliphatic rings. The molecule has 0 aliphatic heterocycles. The van der Waals surface area contributed by atoms with Crippen molar-refractivity contribution in [2.75, 3.05) is 12.4 Å². The van der Waals surface area contributed by atoms with Gasteiger partial charge in [0.25, 0.3) is 5.69 Å². The number of carbonyl (C=O) groups is 1. The van der Waals surface area contributed by atoms with Gasteiger partial charge in [0, 0.05) is 0 Å². The van der Waals surface area contributed by atoms with E-state index in [9.17, 15) is 54.4 Å². The molecule has 15 heteroatoms. The molecule has 0 aromatic heterocycles. The van der Waals surface area contributed by atoms with Gasteiger partial charge >= 0.3 is 29.9 Å². The van der Waals surface area contributed by atoms with E-state index in [2.05, 4.69) is 4.74 Å². The molecule has 1 rings (SSSR count). The Hall–Kier alpha value is -2.74. The van der Waals surface area contributed by atoms with E-state index in [4.69, 9.17) is 0 Å². The van der Waals surface area contributed by atoms with Crippen LogP contribution in [-0.4, -0.2) is 41.9 Å². The number of carbonyl (C=O) groups excluding carboxylic acids is 1. The lowest BCUT2D eigenvalue weighted by molar-refractivity contribution is -0.388. The predicted octanol–water partition coefficient (Wildman–Crippen LogP) is 4.01. The third-order valence-corrected chi connectivity index (χ3v) is 3.08. The smallest absolute Gasteiger partial charge is 0.460 e. The maximum absolute atomic E-state index is 13.4. The fourth-order valence-electron chi connectivity index (χ4n) is 1.61. The SMILES string of the molecule is COc1ccc(NC(=O)C(F)(F)C(F)(F)C(F)(F)C(F)(F)F)c([N+](=O)[O-])c1. The monoisotopic (exact) mass is 414 g/mol. The molecule has 1 N–H and O–H groups in total. The molecule has 152 valence electrons. The maximum atomic E-state index is 13.4. The molecule has 27 heavy (non-hydrogen) atoms. The zero-order valence-electron chi connectivity index (χ0n) is 12.7. The van der Waals surface area contributed by atoms with Crippen molar-refractivity contribution in [1.82, 2.24) is 0 Å². The second-order valence-electron chi connectivity index (χ2n) is 4.82. The minimum Gasteiger partial charge on any atom is -0.496 e. The fraction of sp³-hybridized carbons (Fsp3) is 0.417. The van der Waals surface area contributed by atoms with Crippen LogP contribution in [0.1, 0.15) is 0 Å². The number of hydrogen-bond donors (Lipinski definition) is 1. The van der Waals surface area contributed by atoms with Crippen molar-refractivity contribution in [2.45, 2.75) is 23.9 Å². The van der Waals surface area contributed by atoms with Crippen LogP contribution in [0.4, 0.5) is 50.9 Å². The number of anilines is 1. The Morgan fingerprint density at radius 1 is 1.04 bits per heavy atom. The summed E-state index contributed by atoms with van der Waals surface area (Å²) < 4.78 is 119. The van der Waals surface area contributed by atoms with Crippen molar-refractivity contribution >= 4 is 17.3 Å². The largest absolute Gasteiger partial charge is 0.496 e. The number of halogens is 9. The summed E-state index contributed by atoms with van der Waals surface area (Å²) in [5, 5.41) is 11.6. The number of nitrogens with zero attached hydrogens (tertiary/aromatic N) is 1. The van der Waals surface area contributed by atoms with E-state index in [0.717, 1.165) is 18.5 Å². The summed E-state index contributed by atoms with van der Waals surface area (Å²) in [6, 6.07) is 1.91. The van der Waals surface area contributed by atoms with Gasteiger partial charge in [-0.2, -0.15) is 39.5 Å². The third kappa shape index (κ3) is 3.71. The molecule has 0 radical (unpaired) electrons. The summed E-state index contributed by atoms with van der Waals surface area (Å²) >= 11 is 0. The molecule has 1 aromatic rings. The molecule has 0 spiro atoms. The van der Waals surface area contributed by atoms with E-state index >= 15 is 0 Å². The third-order valence-electron chi connectivity index (χ3n) is 3.08. The number of methoxy groups -OCH3 is 1. The number of nitro benzene ring substituents is 1. The topological polar surface area (TPSA) is 81.5 Å². The maximum Gasteiger partial charge on any atom is 0.460 e. The Labute approximate surface area is 143 Å². The minimum atomic E-state index is -7.27. The van der Waals surface area contributed by atoms with Crippen LogP contribution < -0.4 is 10.1 Å². The van der Waals surface area contributed by atoms with Gasteiger partial charge in [0.2, 0.25) is 0 Å². The highest BCUT2D eigenvalue weighted by Gasteiger charge is 2.83. The van der Waals surface area contributed by atoms with Crippen molar-refractivity contribution in [2.24, 2.45) is 0 Å². The van der Waals surface area contributed by atoms with Crippen LogP contribution >= 0.6 is 0 Å². The first-order chi connectivity index (χ1) is 12.0. The molecule has 0 fully saturated rings. The van der Waals surface area contributed by atoms with Gasteiger partial charge in [0.15, 0.2) is 0 Å². The predicted molar refractivity (Wildman–Crippen MR) is 69.2 cm³/mol. The Bertz CT molecular complexity index is 749.